The van der Waals surface area contributed by atoms with Gasteiger partial charge in [0.05, 0.1) is 18.1 Å². The smallest absolute Gasteiger partial charge is 0.410 e. The zero-order chi connectivity index (χ0) is 72.0. The van der Waals surface area contributed by atoms with Crippen LogP contribution in [0.15, 0.2) is 84.9 Å². The predicted molar refractivity (Wildman–Crippen MR) is 413 cm³/mol. The molecule has 0 unspecified atom stereocenters. The van der Waals surface area contributed by atoms with Crippen LogP contribution in [-0.2, 0) is 36.0 Å². The van der Waals surface area contributed by atoms with Gasteiger partial charge < -0.3 is 45.2 Å². The minimum Gasteiger partial charge on any atom is -0.444 e. The van der Waals surface area contributed by atoms with Crippen molar-refractivity contribution in [3.63, 3.8) is 0 Å². The number of fused-ring (bicyclic) bond motifs is 8. The molecule has 4 aromatic carbocycles. The molecule has 13 rings (SSSR count). The Morgan fingerprint density at radius 3 is 1.47 bits per heavy atom. The highest BCUT2D eigenvalue weighted by molar-refractivity contribution is 6.02. The first-order chi connectivity index (χ1) is 47.3. The summed E-state index contributed by atoms with van der Waals surface area (Å²) < 4.78 is 5.45. The van der Waals surface area contributed by atoms with E-state index in [9.17, 15) is 24.0 Å². The third-order valence-electron chi connectivity index (χ3n) is 24.6. The molecule has 3 N–H and O–H groups in total. The highest BCUT2D eigenvalue weighted by atomic mass is 16.6. The van der Waals surface area contributed by atoms with E-state index in [-0.39, 0.29) is 68.4 Å². The molecule has 3 atom stereocenters. The van der Waals surface area contributed by atoms with Crippen molar-refractivity contribution in [2.24, 2.45) is 10.8 Å². The molecular formula is C86H134N8O6. The lowest BCUT2D eigenvalue weighted by atomic mass is 9.63. The van der Waals surface area contributed by atoms with Gasteiger partial charge in [0.25, 0.3) is 0 Å². The van der Waals surface area contributed by atoms with Crippen LogP contribution in [-0.4, -0.2) is 144 Å². The molecule has 4 aromatic rings. The summed E-state index contributed by atoms with van der Waals surface area (Å²) in [4.78, 5) is 72.3. The topological polar surface area (TPSA) is 147 Å². The Balaban J connectivity index is 0.000000191. The lowest BCUT2D eigenvalue weighted by Gasteiger charge is -2.48. The maximum absolute atomic E-state index is 12.7. The van der Waals surface area contributed by atoms with E-state index < -0.39 is 5.60 Å². The first-order valence-corrected chi connectivity index (χ1v) is 39.1. The van der Waals surface area contributed by atoms with Crippen molar-refractivity contribution in [1.82, 2.24) is 40.4 Å². The van der Waals surface area contributed by atoms with Gasteiger partial charge in [-0.05, 0) is 264 Å². The number of nitrogens with zero attached hydrogens (tertiary/aromatic N) is 5. The van der Waals surface area contributed by atoms with Crippen LogP contribution in [0.4, 0.5) is 9.59 Å². The van der Waals surface area contributed by atoms with E-state index in [1.807, 2.05) is 38.7 Å². The number of ether oxygens (including phenoxy) is 1. The Kier molecular flexibility index (Phi) is 24.4. The van der Waals surface area contributed by atoms with Crippen LogP contribution >= 0.6 is 0 Å². The van der Waals surface area contributed by atoms with Crippen LogP contribution in [0.5, 0.6) is 0 Å². The molecule has 5 heterocycles. The molecule has 0 saturated carbocycles. The van der Waals surface area contributed by atoms with Crippen molar-refractivity contribution in [1.29, 1.82) is 0 Å². The molecule has 5 saturated heterocycles. The molecule has 554 valence electrons. The Bertz CT molecular complexity index is 3480. The lowest BCUT2D eigenvalue weighted by Crippen LogP contribution is -2.48. The highest BCUT2D eigenvalue weighted by Crippen LogP contribution is 2.54. The number of benzene rings is 4. The van der Waals surface area contributed by atoms with Crippen LogP contribution in [0.1, 0.15) is 295 Å². The second-order valence-electron chi connectivity index (χ2n) is 35.5. The van der Waals surface area contributed by atoms with E-state index in [1.165, 1.54) is 167 Å². The number of carbonyl (C=O) groups excluding carboxylic acids is 5. The highest BCUT2D eigenvalue weighted by Gasteiger charge is 2.50. The number of ketones is 1. The number of likely N-dealkylation sites (tertiary alicyclic amines) is 5. The molecule has 5 amide bonds. The first-order valence-electron chi connectivity index (χ1n) is 39.1. The molecule has 100 heavy (non-hydrogen) atoms. The second-order valence-corrected chi connectivity index (χ2v) is 35.5. The number of amides is 5. The average Bonchev–Trinajstić information content (AvgIpc) is 1.66. The minimum absolute atomic E-state index is 0. The zero-order valence-electron chi connectivity index (χ0n) is 64.5. The van der Waals surface area contributed by atoms with E-state index in [2.05, 4.69) is 172 Å². The number of Topliss-reactive ketones (excluding diaryl/α,β-unsaturated/α-hetero) is 1. The minimum atomic E-state index is -0.473. The van der Waals surface area contributed by atoms with Gasteiger partial charge in [-0.2, -0.15) is 0 Å². The molecule has 0 radical (unpaired) electrons. The Hall–Kier alpha value is -6.09. The molecule has 0 bridgehead atoms. The molecule has 5 aliphatic heterocycles. The summed E-state index contributed by atoms with van der Waals surface area (Å²) in [5.74, 6) is 0.404. The van der Waals surface area contributed by atoms with Crippen molar-refractivity contribution in [3.05, 3.63) is 141 Å². The molecule has 14 heteroatoms. The van der Waals surface area contributed by atoms with Gasteiger partial charge >= 0.3 is 12.1 Å². The molecule has 0 aromatic heterocycles. The summed E-state index contributed by atoms with van der Waals surface area (Å²) in [6, 6.07) is 32.2. The standard InChI is InChI=1S/C24H37N3O.C22H34N2O.C21H32N2O.C19H25NO3.3H2/c1-23(2,3)10-15-26-16-11-24(12-17-26)18-21(19-8-4-5-9-20(19)24)25-22(28)27-13-6-7-14-27;1-16-6-7-19-18(14-16)20(23-17(2)25)15-22(19)9-12-24(13-10-22)11-8-21(3,4)5;1-4-17(5-2)23-14-12-21(13-15-23)11-10-20(22-16(3)24)18-8-6-7-9-19(18)21;1-13-5-6-15-14(11-13)16(21)12-19(15)7-9-20(10-8-19)17(22)23-18(2,3)4;;;/h4-5,8-9,21H,6-7,10-18H2,1-3H3,(H,25,28);6-7,14,20H,8-13,15H2,1-5H3,(H,23,25);6-9,17,20H,4-5,10-15H2,1-3H3,(H,22,24);5-6,11H,7-10,12H2,1-4H3;3*1H/t21-;2*20-;;;;/m000..../s1. The van der Waals surface area contributed by atoms with Gasteiger partial charge in [-0.1, -0.05) is 145 Å². The van der Waals surface area contributed by atoms with Gasteiger partial charge in [-0.25, -0.2) is 9.59 Å². The van der Waals surface area contributed by atoms with Gasteiger partial charge in [-0.3, -0.25) is 14.4 Å². The summed E-state index contributed by atoms with van der Waals surface area (Å²) in [5.41, 5.74) is 14.1. The molecule has 5 fully saturated rings. The fourth-order valence-corrected chi connectivity index (χ4v) is 18.7. The number of rotatable bonds is 10. The Morgan fingerprint density at radius 1 is 0.510 bits per heavy atom. The van der Waals surface area contributed by atoms with E-state index in [0.29, 0.717) is 35.8 Å². The number of aryl methyl sites for hydroxylation is 2. The van der Waals surface area contributed by atoms with Crippen molar-refractivity contribution >= 4 is 29.7 Å². The number of carbonyl (C=O) groups is 5. The maximum Gasteiger partial charge on any atom is 0.410 e. The van der Waals surface area contributed by atoms with E-state index in [4.69, 9.17) is 4.74 Å². The van der Waals surface area contributed by atoms with Crippen molar-refractivity contribution in [3.8, 4) is 0 Å². The molecule has 4 aliphatic carbocycles. The fourth-order valence-electron chi connectivity index (χ4n) is 18.7. The quantitative estimate of drug-likeness (QED) is 0.141. The van der Waals surface area contributed by atoms with Gasteiger partial charge in [0.1, 0.15) is 5.60 Å². The number of urea groups is 1. The van der Waals surface area contributed by atoms with Crippen molar-refractivity contribution in [2.75, 3.05) is 78.5 Å². The number of piperidine rings is 4. The third kappa shape index (κ3) is 18.4. The van der Waals surface area contributed by atoms with Crippen LogP contribution < -0.4 is 16.0 Å². The number of hydrogen-bond acceptors (Lipinski definition) is 9. The van der Waals surface area contributed by atoms with Crippen molar-refractivity contribution < 1.29 is 33.0 Å². The number of nitrogens with one attached hydrogen (secondary N) is 3. The summed E-state index contributed by atoms with van der Waals surface area (Å²) in [6.45, 7) is 44.3. The average molecular weight is 1380 g/mol. The van der Waals surface area contributed by atoms with Gasteiger partial charge in [0.2, 0.25) is 11.8 Å². The van der Waals surface area contributed by atoms with Crippen LogP contribution in [0, 0.1) is 24.7 Å². The van der Waals surface area contributed by atoms with Crippen LogP contribution in [0.3, 0.4) is 0 Å². The third-order valence-corrected chi connectivity index (χ3v) is 24.6. The Morgan fingerprint density at radius 2 is 0.960 bits per heavy atom. The summed E-state index contributed by atoms with van der Waals surface area (Å²) in [5, 5.41) is 9.73. The van der Waals surface area contributed by atoms with E-state index in [0.717, 1.165) is 75.2 Å². The summed E-state index contributed by atoms with van der Waals surface area (Å²) in [7, 11) is 0. The summed E-state index contributed by atoms with van der Waals surface area (Å²) in [6.07, 6.45) is 21.1. The van der Waals surface area contributed by atoms with Gasteiger partial charge in [0.15, 0.2) is 5.78 Å². The molecule has 4 spiro atoms. The normalized spacial score (nSPS) is 22.7. The van der Waals surface area contributed by atoms with Crippen molar-refractivity contribution in [2.45, 2.75) is 277 Å². The second kappa shape index (κ2) is 31.9. The van der Waals surface area contributed by atoms with Gasteiger partial charge in [0, 0.05) is 78.6 Å². The first kappa shape index (κ1) is 76.5. The van der Waals surface area contributed by atoms with Crippen LogP contribution in [0.2, 0.25) is 0 Å². The monoisotopic (exact) mass is 1380 g/mol. The fraction of sp³-hybridized carbons (Fsp3) is 0.663. The van der Waals surface area contributed by atoms with E-state index in [1.54, 1.807) is 18.7 Å². The van der Waals surface area contributed by atoms with Crippen LogP contribution in [0.25, 0.3) is 0 Å². The molecular weight excluding hydrogens is 1240 g/mol. The Labute approximate surface area is 607 Å². The number of hydrogen-bond donors (Lipinski definition) is 3. The zero-order valence-corrected chi connectivity index (χ0v) is 64.5. The van der Waals surface area contributed by atoms with E-state index >= 15 is 0 Å². The largest absolute Gasteiger partial charge is 0.444 e. The lowest BCUT2D eigenvalue weighted by molar-refractivity contribution is -0.120. The van der Waals surface area contributed by atoms with Gasteiger partial charge in [-0.15, -0.1) is 0 Å². The predicted octanol–water partition coefficient (Wildman–Crippen LogP) is 17.8. The molecule has 14 nitrogen and oxygen atoms in total. The maximum atomic E-state index is 12.7. The molecule has 9 aliphatic rings. The summed E-state index contributed by atoms with van der Waals surface area (Å²) >= 11 is 0. The SMILES string of the molecule is CC(=O)N[C@H]1CC2(CCN(CCC(C)(C)C)CC2)c2ccc(C)cc21.CC(C)(C)CCN1CCC2(CC1)C[C@H](NC(=O)N1CCCC1)c1ccccc12.CCC(CC)N1CCC2(CC[C@H](NC(C)=O)c3ccccc32)CC1.Cc1ccc2c(c1)C(=O)CC21CCN(C(=O)OC(C)(C)C)CC1.[HH].[HH].[HH].